The highest BCUT2D eigenvalue weighted by molar-refractivity contribution is 5.57. The Morgan fingerprint density at radius 2 is 1.95 bits per heavy atom. The van der Waals surface area contributed by atoms with E-state index in [1.54, 1.807) is 13.3 Å². The highest BCUT2D eigenvalue weighted by Gasteiger charge is 2.08. The second-order valence-electron chi connectivity index (χ2n) is 4.40. The second kappa shape index (κ2) is 6.18. The number of methoxy groups -OCH3 is 1. The largest absolute Gasteiger partial charge is 0.481 e. The van der Waals surface area contributed by atoms with Crippen molar-refractivity contribution in [2.75, 3.05) is 24.8 Å². The zero-order chi connectivity index (χ0) is 14.5. The van der Waals surface area contributed by atoms with E-state index in [2.05, 4.69) is 25.6 Å². The fraction of sp³-hybridized carbons (Fsp3) is 0.357. The number of hydrogen-bond acceptors (Lipinski definition) is 6. The molecule has 6 heteroatoms. The van der Waals surface area contributed by atoms with Crippen molar-refractivity contribution >= 4 is 11.6 Å². The van der Waals surface area contributed by atoms with Crippen LogP contribution in [0.1, 0.15) is 17.0 Å². The van der Waals surface area contributed by atoms with Gasteiger partial charge in [-0.05, 0) is 25.5 Å². The van der Waals surface area contributed by atoms with E-state index in [1.807, 2.05) is 33.0 Å². The lowest BCUT2D eigenvalue weighted by atomic mass is 10.2. The summed E-state index contributed by atoms with van der Waals surface area (Å²) in [6.45, 7) is 4.51. The van der Waals surface area contributed by atoms with Crippen LogP contribution in [0.5, 0.6) is 5.88 Å². The molecule has 0 aliphatic heterocycles. The van der Waals surface area contributed by atoms with E-state index in [1.165, 1.54) is 0 Å². The van der Waals surface area contributed by atoms with Crippen LogP contribution in [0.3, 0.4) is 0 Å². The molecule has 0 aliphatic rings. The topological polar surface area (TPSA) is 72.0 Å². The predicted octanol–water partition coefficient (Wildman–Crippen LogP) is 2.15. The minimum Gasteiger partial charge on any atom is -0.481 e. The highest BCUT2D eigenvalue weighted by Crippen LogP contribution is 2.20. The van der Waals surface area contributed by atoms with Gasteiger partial charge in [-0.1, -0.05) is 0 Å². The summed E-state index contributed by atoms with van der Waals surface area (Å²) in [7, 11) is 3.46. The molecule has 6 nitrogen and oxygen atoms in total. The van der Waals surface area contributed by atoms with Crippen LogP contribution in [0, 0.1) is 13.8 Å². The molecule has 0 atom stereocenters. The van der Waals surface area contributed by atoms with Gasteiger partial charge in [-0.2, -0.15) is 0 Å². The van der Waals surface area contributed by atoms with Crippen LogP contribution in [0.15, 0.2) is 18.3 Å². The number of nitrogens with one attached hydrogen (secondary N) is 2. The van der Waals surface area contributed by atoms with Crippen LogP contribution >= 0.6 is 0 Å². The van der Waals surface area contributed by atoms with Gasteiger partial charge in [-0.15, -0.1) is 0 Å². The van der Waals surface area contributed by atoms with Crippen molar-refractivity contribution in [3.63, 3.8) is 0 Å². The predicted molar refractivity (Wildman–Crippen MR) is 79.2 cm³/mol. The van der Waals surface area contributed by atoms with Gasteiger partial charge in [0.15, 0.2) is 0 Å². The quantitative estimate of drug-likeness (QED) is 0.869. The monoisotopic (exact) mass is 273 g/mol. The first kappa shape index (κ1) is 14.0. The lowest BCUT2D eigenvalue weighted by Crippen LogP contribution is -2.08. The van der Waals surface area contributed by atoms with E-state index < -0.39 is 0 Å². The molecule has 0 saturated carbocycles. The van der Waals surface area contributed by atoms with Gasteiger partial charge >= 0.3 is 0 Å². The van der Waals surface area contributed by atoms with E-state index >= 15 is 0 Å². The number of pyridine rings is 1. The molecule has 0 fully saturated rings. The summed E-state index contributed by atoms with van der Waals surface area (Å²) >= 11 is 0. The van der Waals surface area contributed by atoms with Gasteiger partial charge in [0.25, 0.3) is 0 Å². The maximum atomic E-state index is 5.11. The third-order valence-electron chi connectivity index (χ3n) is 2.96. The van der Waals surface area contributed by atoms with E-state index in [4.69, 9.17) is 4.74 Å². The third-order valence-corrected chi connectivity index (χ3v) is 2.96. The zero-order valence-electron chi connectivity index (χ0n) is 12.2. The molecule has 0 radical (unpaired) electrons. The van der Waals surface area contributed by atoms with E-state index in [0.29, 0.717) is 12.4 Å². The maximum absolute atomic E-state index is 5.11. The lowest BCUT2D eigenvalue weighted by Gasteiger charge is -2.12. The molecular formula is C14H19N5O. The Morgan fingerprint density at radius 1 is 1.20 bits per heavy atom. The van der Waals surface area contributed by atoms with Gasteiger partial charge in [0.2, 0.25) is 5.88 Å². The maximum Gasteiger partial charge on any atom is 0.213 e. The molecule has 2 aromatic rings. The molecule has 0 unspecified atom stereocenters. The smallest absolute Gasteiger partial charge is 0.213 e. The molecule has 2 N–H and O–H groups in total. The first-order chi connectivity index (χ1) is 9.63. The molecule has 20 heavy (non-hydrogen) atoms. The summed E-state index contributed by atoms with van der Waals surface area (Å²) < 4.78 is 5.11. The number of hydrogen-bond donors (Lipinski definition) is 2. The Labute approximate surface area is 118 Å². The summed E-state index contributed by atoms with van der Waals surface area (Å²) in [5.41, 5.74) is 2.08. The van der Waals surface area contributed by atoms with Crippen molar-refractivity contribution in [3.05, 3.63) is 35.3 Å². The molecule has 106 valence electrons. The highest BCUT2D eigenvalue weighted by atomic mass is 16.5. The molecule has 0 bridgehead atoms. The van der Waals surface area contributed by atoms with Gasteiger partial charge < -0.3 is 15.4 Å². The Hall–Kier alpha value is -2.37. The van der Waals surface area contributed by atoms with Crippen molar-refractivity contribution in [2.24, 2.45) is 0 Å². The summed E-state index contributed by atoms with van der Waals surface area (Å²) in [4.78, 5) is 12.9. The number of anilines is 2. The molecule has 0 aliphatic carbocycles. The molecule has 0 amide bonds. The molecule has 0 spiro atoms. The Balaban J connectivity index is 2.16. The number of aryl methyl sites for hydroxylation is 1. The SMILES string of the molecule is CNc1nc(C)nc(NCc2ccnc(OC)c2)c1C. The zero-order valence-corrected chi connectivity index (χ0v) is 12.2. The van der Waals surface area contributed by atoms with Crippen molar-refractivity contribution in [1.82, 2.24) is 15.0 Å². The molecular weight excluding hydrogens is 254 g/mol. The van der Waals surface area contributed by atoms with E-state index in [9.17, 15) is 0 Å². The van der Waals surface area contributed by atoms with Crippen LogP contribution in [0.2, 0.25) is 0 Å². The summed E-state index contributed by atoms with van der Waals surface area (Å²) in [5.74, 6) is 3.01. The van der Waals surface area contributed by atoms with Crippen molar-refractivity contribution in [1.29, 1.82) is 0 Å². The number of aromatic nitrogens is 3. The average molecular weight is 273 g/mol. The summed E-state index contributed by atoms with van der Waals surface area (Å²) in [6, 6.07) is 3.84. The standard InChI is InChI=1S/C14H19N5O/c1-9-13(15-3)18-10(2)19-14(9)17-8-11-5-6-16-12(7-11)20-4/h5-7H,8H2,1-4H3,(H2,15,17,18,19). The molecule has 0 saturated heterocycles. The third kappa shape index (κ3) is 3.14. The minimum absolute atomic E-state index is 0.607. The normalized spacial score (nSPS) is 10.2. The number of nitrogens with zero attached hydrogens (tertiary/aromatic N) is 3. The summed E-state index contributed by atoms with van der Waals surface area (Å²) in [5, 5.41) is 6.39. The average Bonchev–Trinajstić information content (AvgIpc) is 2.48. The Bertz CT molecular complexity index is 600. The lowest BCUT2D eigenvalue weighted by molar-refractivity contribution is 0.397. The van der Waals surface area contributed by atoms with Gasteiger partial charge in [0.1, 0.15) is 17.5 Å². The Morgan fingerprint density at radius 3 is 2.65 bits per heavy atom. The van der Waals surface area contributed by atoms with E-state index in [-0.39, 0.29) is 0 Å². The minimum atomic E-state index is 0.607. The van der Waals surface area contributed by atoms with E-state index in [0.717, 1.165) is 28.6 Å². The molecule has 2 heterocycles. The van der Waals surface area contributed by atoms with Gasteiger partial charge in [0.05, 0.1) is 7.11 Å². The van der Waals surface area contributed by atoms with Crippen LogP contribution < -0.4 is 15.4 Å². The fourth-order valence-electron chi connectivity index (χ4n) is 1.90. The first-order valence-electron chi connectivity index (χ1n) is 6.40. The van der Waals surface area contributed by atoms with Crippen molar-refractivity contribution in [3.8, 4) is 5.88 Å². The van der Waals surface area contributed by atoms with Gasteiger partial charge in [0, 0.05) is 31.4 Å². The Kier molecular flexibility index (Phi) is 4.34. The fourth-order valence-corrected chi connectivity index (χ4v) is 1.90. The van der Waals surface area contributed by atoms with Crippen molar-refractivity contribution < 1.29 is 4.74 Å². The van der Waals surface area contributed by atoms with Crippen molar-refractivity contribution in [2.45, 2.75) is 20.4 Å². The number of rotatable bonds is 5. The van der Waals surface area contributed by atoms with Crippen LogP contribution in [-0.2, 0) is 6.54 Å². The van der Waals surface area contributed by atoms with Gasteiger partial charge in [-0.3, -0.25) is 0 Å². The van der Waals surface area contributed by atoms with Crippen LogP contribution in [0.25, 0.3) is 0 Å². The number of ether oxygens (including phenoxy) is 1. The summed E-state index contributed by atoms with van der Waals surface area (Å²) in [6.07, 6.45) is 1.73. The van der Waals surface area contributed by atoms with Crippen LogP contribution in [-0.4, -0.2) is 29.1 Å². The van der Waals surface area contributed by atoms with Crippen LogP contribution in [0.4, 0.5) is 11.6 Å². The first-order valence-corrected chi connectivity index (χ1v) is 6.40. The second-order valence-corrected chi connectivity index (χ2v) is 4.40. The molecule has 2 aromatic heterocycles. The molecule has 2 rings (SSSR count). The van der Waals surface area contributed by atoms with Gasteiger partial charge in [-0.25, -0.2) is 15.0 Å². The molecule has 0 aromatic carbocycles.